The molecule has 1 heterocycles. The van der Waals surface area contributed by atoms with Crippen LogP contribution in [-0.2, 0) is 24.2 Å². The van der Waals surface area contributed by atoms with Crippen molar-refractivity contribution >= 4 is 6.09 Å². The maximum Gasteiger partial charge on any atom is 0.435 e. The van der Waals surface area contributed by atoms with Gasteiger partial charge in [-0.25, -0.2) is 4.79 Å². The molecule has 1 aliphatic rings. The number of benzene rings is 1. The molecule has 4 heteroatoms. The first kappa shape index (κ1) is 12.0. The van der Waals surface area contributed by atoms with Crippen molar-refractivity contribution in [2.24, 2.45) is 0 Å². The number of hydrogen-bond donors (Lipinski definition) is 0. The lowest BCUT2D eigenvalue weighted by molar-refractivity contribution is 0.137. The molecule has 1 aromatic heterocycles. The average Bonchev–Trinajstić information content (AvgIpc) is 3.02. The van der Waals surface area contributed by atoms with Crippen LogP contribution in [0.25, 0.3) is 0 Å². The van der Waals surface area contributed by atoms with E-state index in [1.54, 1.807) is 0 Å². The summed E-state index contributed by atoms with van der Waals surface area (Å²) in [6.45, 7) is 2.23. The van der Waals surface area contributed by atoms with E-state index in [1.807, 2.05) is 37.3 Å². The standard InChI is InChI=1S/C15H16N2O2/c1-11-13-8-5-9-14(13)17(16-11)15(18)19-10-12-6-3-2-4-7-12/h2-4,6-7H,5,8-10H2,1H3. The predicted octanol–water partition coefficient (Wildman–Crippen LogP) is 2.87. The molecule has 4 nitrogen and oxygen atoms in total. The van der Waals surface area contributed by atoms with Gasteiger partial charge in [-0.2, -0.15) is 9.78 Å². The second-order valence-corrected chi connectivity index (χ2v) is 4.82. The lowest BCUT2D eigenvalue weighted by Gasteiger charge is -2.06. The van der Waals surface area contributed by atoms with Crippen molar-refractivity contribution in [2.75, 3.05) is 0 Å². The van der Waals surface area contributed by atoms with Crippen LogP contribution in [0.15, 0.2) is 30.3 Å². The van der Waals surface area contributed by atoms with Gasteiger partial charge in [-0.1, -0.05) is 30.3 Å². The summed E-state index contributed by atoms with van der Waals surface area (Å²) < 4.78 is 6.75. The number of rotatable bonds is 2. The van der Waals surface area contributed by atoms with Crippen molar-refractivity contribution in [1.82, 2.24) is 9.78 Å². The fourth-order valence-electron chi connectivity index (χ4n) is 2.55. The van der Waals surface area contributed by atoms with Crippen LogP contribution in [0.1, 0.15) is 28.9 Å². The Hall–Kier alpha value is -2.10. The van der Waals surface area contributed by atoms with Crippen molar-refractivity contribution in [3.63, 3.8) is 0 Å². The number of nitrogens with zero attached hydrogens (tertiary/aromatic N) is 2. The second kappa shape index (κ2) is 4.88. The molecule has 19 heavy (non-hydrogen) atoms. The summed E-state index contributed by atoms with van der Waals surface area (Å²) in [6.07, 6.45) is 2.65. The van der Waals surface area contributed by atoms with E-state index in [9.17, 15) is 4.79 Å². The Bertz CT molecular complexity index is 602. The molecule has 0 spiro atoms. The number of carbonyl (C=O) groups excluding carboxylic acids is 1. The third kappa shape index (κ3) is 2.26. The Balaban J connectivity index is 1.73. The number of aromatic nitrogens is 2. The van der Waals surface area contributed by atoms with Gasteiger partial charge in [-0.05, 0) is 37.3 Å². The van der Waals surface area contributed by atoms with Gasteiger partial charge in [0.1, 0.15) is 6.61 Å². The average molecular weight is 256 g/mol. The van der Waals surface area contributed by atoms with E-state index in [-0.39, 0.29) is 12.7 Å². The third-order valence-corrected chi connectivity index (χ3v) is 3.51. The molecule has 0 bridgehead atoms. The predicted molar refractivity (Wildman–Crippen MR) is 71.0 cm³/mol. The summed E-state index contributed by atoms with van der Waals surface area (Å²) in [6, 6.07) is 9.67. The molecule has 0 saturated carbocycles. The van der Waals surface area contributed by atoms with Gasteiger partial charge in [-0.15, -0.1) is 0 Å². The minimum Gasteiger partial charge on any atom is -0.443 e. The fourth-order valence-corrected chi connectivity index (χ4v) is 2.55. The summed E-state index contributed by atoms with van der Waals surface area (Å²) in [7, 11) is 0. The van der Waals surface area contributed by atoms with Crippen molar-refractivity contribution in [3.05, 3.63) is 52.8 Å². The molecule has 3 rings (SSSR count). The molecule has 0 amide bonds. The fraction of sp³-hybridized carbons (Fsp3) is 0.333. The summed E-state index contributed by atoms with van der Waals surface area (Å²) in [5.74, 6) is 0. The first-order valence-electron chi connectivity index (χ1n) is 6.54. The molecular formula is C15H16N2O2. The van der Waals surface area contributed by atoms with Crippen LogP contribution in [0.3, 0.4) is 0 Å². The maximum absolute atomic E-state index is 12.1. The topological polar surface area (TPSA) is 44.1 Å². The second-order valence-electron chi connectivity index (χ2n) is 4.82. The normalized spacial score (nSPS) is 13.3. The van der Waals surface area contributed by atoms with Crippen LogP contribution in [-0.4, -0.2) is 15.9 Å². The molecular weight excluding hydrogens is 240 g/mol. The highest BCUT2D eigenvalue weighted by atomic mass is 16.6. The SMILES string of the molecule is Cc1nn(C(=O)OCc2ccccc2)c2c1CCC2. The number of fused-ring (bicyclic) bond motifs is 1. The largest absolute Gasteiger partial charge is 0.443 e. The molecule has 1 aliphatic carbocycles. The molecule has 0 radical (unpaired) electrons. The number of hydrogen-bond acceptors (Lipinski definition) is 3. The van der Waals surface area contributed by atoms with Gasteiger partial charge in [0.25, 0.3) is 0 Å². The van der Waals surface area contributed by atoms with Gasteiger partial charge in [0.05, 0.1) is 11.4 Å². The molecule has 0 atom stereocenters. The zero-order valence-corrected chi connectivity index (χ0v) is 10.9. The van der Waals surface area contributed by atoms with Crippen LogP contribution in [0, 0.1) is 6.92 Å². The number of aryl methyl sites for hydroxylation is 1. The van der Waals surface area contributed by atoms with Crippen LogP contribution < -0.4 is 0 Å². The zero-order chi connectivity index (χ0) is 13.2. The molecule has 0 saturated heterocycles. The molecule has 98 valence electrons. The Morgan fingerprint density at radius 1 is 1.32 bits per heavy atom. The third-order valence-electron chi connectivity index (χ3n) is 3.51. The van der Waals surface area contributed by atoms with E-state index in [0.717, 1.165) is 36.2 Å². The summed E-state index contributed by atoms with van der Waals surface area (Å²) in [4.78, 5) is 12.1. The molecule has 0 N–H and O–H groups in total. The number of ether oxygens (including phenoxy) is 1. The van der Waals surface area contributed by atoms with Gasteiger partial charge < -0.3 is 4.74 Å². The van der Waals surface area contributed by atoms with Gasteiger partial charge in [0.15, 0.2) is 0 Å². The van der Waals surface area contributed by atoms with E-state index in [0.29, 0.717) is 0 Å². The molecule has 0 aliphatic heterocycles. The minimum absolute atomic E-state index is 0.285. The Labute approximate surface area is 112 Å². The van der Waals surface area contributed by atoms with Crippen molar-refractivity contribution < 1.29 is 9.53 Å². The van der Waals surface area contributed by atoms with Crippen LogP contribution >= 0.6 is 0 Å². The van der Waals surface area contributed by atoms with E-state index < -0.39 is 0 Å². The minimum atomic E-state index is -0.380. The Morgan fingerprint density at radius 2 is 2.11 bits per heavy atom. The Kier molecular flexibility index (Phi) is 3.07. The Morgan fingerprint density at radius 3 is 2.89 bits per heavy atom. The van der Waals surface area contributed by atoms with Crippen LogP contribution in [0.2, 0.25) is 0 Å². The van der Waals surface area contributed by atoms with Gasteiger partial charge >= 0.3 is 6.09 Å². The van der Waals surface area contributed by atoms with Crippen molar-refractivity contribution in [2.45, 2.75) is 32.8 Å². The quantitative estimate of drug-likeness (QED) is 0.829. The van der Waals surface area contributed by atoms with Gasteiger partial charge in [0.2, 0.25) is 0 Å². The van der Waals surface area contributed by atoms with E-state index in [4.69, 9.17) is 4.74 Å². The lowest BCUT2D eigenvalue weighted by atomic mass is 10.2. The monoisotopic (exact) mass is 256 g/mol. The van der Waals surface area contributed by atoms with Crippen LogP contribution in [0.4, 0.5) is 4.79 Å². The van der Waals surface area contributed by atoms with Crippen molar-refractivity contribution in [3.8, 4) is 0 Å². The van der Waals surface area contributed by atoms with Gasteiger partial charge in [0, 0.05) is 0 Å². The van der Waals surface area contributed by atoms with E-state index >= 15 is 0 Å². The summed E-state index contributed by atoms with van der Waals surface area (Å²) >= 11 is 0. The molecule has 1 aromatic carbocycles. The first-order chi connectivity index (χ1) is 9.25. The molecule has 2 aromatic rings. The zero-order valence-electron chi connectivity index (χ0n) is 10.9. The smallest absolute Gasteiger partial charge is 0.435 e. The maximum atomic E-state index is 12.1. The highest BCUT2D eigenvalue weighted by molar-refractivity contribution is 5.71. The van der Waals surface area contributed by atoms with Crippen LogP contribution in [0.5, 0.6) is 0 Å². The summed E-state index contributed by atoms with van der Waals surface area (Å²) in [5.41, 5.74) is 4.17. The highest BCUT2D eigenvalue weighted by Gasteiger charge is 2.24. The van der Waals surface area contributed by atoms with Crippen molar-refractivity contribution in [1.29, 1.82) is 0 Å². The van der Waals surface area contributed by atoms with Gasteiger partial charge in [-0.3, -0.25) is 0 Å². The number of carbonyl (C=O) groups is 1. The lowest BCUT2D eigenvalue weighted by Crippen LogP contribution is -2.17. The molecule has 0 unspecified atom stereocenters. The summed E-state index contributed by atoms with van der Waals surface area (Å²) in [5, 5.41) is 4.29. The first-order valence-corrected chi connectivity index (χ1v) is 6.54. The van der Waals surface area contributed by atoms with E-state index in [2.05, 4.69) is 5.10 Å². The highest BCUT2D eigenvalue weighted by Crippen LogP contribution is 2.24. The van der Waals surface area contributed by atoms with E-state index in [1.165, 1.54) is 10.2 Å². The molecule has 0 fully saturated rings.